The molecule has 1 atom stereocenters. The van der Waals surface area contributed by atoms with Crippen molar-refractivity contribution < 1.29 is 18.9 Å². The molecule has 0 saturated carbocycles. The summed E-state index contributed by atoms with van der Waals surface area (Å²) in [6.07, 6.45) is 10.6. The number of methoxy groups -OCH3 is 3. The topological polar surface area (TPSA) is 36.9 Å². The standard InChI is InChI=1S/C22H38O4/c1-5-6-7-8-9-11-15-20(22(23-2,24-3)25-4)16-14-19-26-21-17-12-10-13-18-21/h10,12-13,17-18,20H,5-9,11,14-16,19H2,1-4H3. The van der Waals surface area contributed by atoms with Crippen LogP contribution >= 0.6 is 0 Å². The zero-order valence-electron chi connectivity index (χ0n) is 17.2. The molecule has 26 heavy (non-hydrogen) atoms. The third-order valence-electron chi connectivity index (χ3n) is 4.97. The minimum atomic E-state index is -0.962. The number of benzene rings is 1. The Hall–Kier alpha value is -1.10. The summed E-state index contributed by atoms with van der Waals surface area (Å²) in [5.74, 6) is 0.139. The lowest BCUT2D eigenvalue weighted by Gasteiger charge is -2.36. The highest BCUT2D eigenvalue weighted by atomic mass is 16.9. The van der Waals surface area contributed by atoms with Crippen LogP contribution in [0.4, 0.5) is 0 Å². The summed E-state index contributed by atoms with van der Waals surface area (Å²) in [5, 5.41) is 0. The fourth-order valence-corrected chi connectivity index (χ4v) is 3.46. The second kappa shape index (κ2) is 14.0. The minimum Gasteiger partial charge on any atom is -0.494 e. The van der Waals surface area contributed by atoms with Crippen LogP contribution in [-0.4, -0.2) is 33.9 Å². The molecule has 0 saturated heterocycles. The van der Waals surface area contributed by atoms with E-state index in [0.29, 0.717) is 6.61 Å². The van der Waals surface area contributed by atoms with E-state index in [9.17, 15) is 0 Å². The van der Waals surface area contributed by atoms with E-state index in [-0.39, 0.29) is 5.92 Å². The summed E-state index contributed by atoms with van der Waals surface area (Å²) in [6, 6.07) is 9.94. The van der Waals surface area contributed by atoms with Gasteiger partial charge in [0.05, 0.1) is 6.61 Å². The first-order valence-electron chi connectivity index (χ1n) is 10.1. The summed E-state index contributed by atoms with van der Waals surface area (Å²) >= 11 is 0. The van der Waals surface area contributed by atoms with E-state index in [1.54, 1.807) is 21.3 Å². The Kier molecular flexibility index (Phi) is 12.4. The summed E-state index contributed by atoms with van der Waals surface area (Å²) in [7, 11) is 4.96. The van der Waals surface area contributed by atoms with Gasteiger partial charge in [-0.2, -0.15) is 0 Å². The maximum Gasteiger partial charge on any atom is 0.285 e. The van der Waals surface area contributed by atoms with Crippen molar-refractivity contribution in [2.24, 2.45) is 5.92 Å². The fraction of sp³-hybridized carbons (Fsp3) is 0.727. The van der Waals surface area contributed by atoms with Crippen molar-refractivity contribution in [2.75, 3.05) is 27.9 Å². The second-order valence-corrected chi connectivity index (χ2v) is 6.77. The molecule has 0 aromatic heterocycles. The molecule has 0 aliphatic heterocycles. The van der Waals surface area contributed by atoms with Gasteiger partial charge >= 0.3 is 0 Å². The van der Waals surface area contributed by atoms with Gasteiger partial charge in [0.15, 0.2) is 0 Å². The average molecular weight is 367 g/mol. The van der Waals surface area contributed by atoms with Gasteiger partial charge in [0.2, 0.25) is 0 Å². The van der Waals surface area contributed by atoms with Crippen LogP contribution in [0.3, 0.4) is 0 Å². The molecule has 0 spiro atoms. The zero-order valence-corrected chi connectivity index (χ0v) is 17.2. The van der Waals surface area contributed by atoms with Crippen LogP contribution in [-0.2, 0) is 14.2 Å². The molecular formula is C22H38O4. The van der Waals surface area contributed by atoms with Gasteiger partial charge in [0, 0.05) is 27.2 Å². The van der Waals surface area contributed by atoms with Gasteiger partial charge in [-0.05, 0) is 31.4 Å². The molecular weight excluding hydrogens is 328 g/mol. The largest absolute Gasteiger partial charge is 0.494 e. The molecule has 0 aliphatic carbocycles. The zero-order chi connectivity index (χ0) is 19.1. The SMILES string of the molecule is CCCCCCCCC(CCCOc1ccccc1)C(OC)(OC)OC. The van der Waals surface area contributed by atoms with E-state index < -0.39 is 5.97 Å². The van der Waals surface area contributed by atoms with Gasteiger partial charge in [-0.25, -0.2) is 0 Å². The number of unbranched alkanes of at least 4 members (excludes halogenated alkanes) is 5. The quantitative estimate of drug-likeness (QED) is 0.273. The molecule has 4 heteroatoms. The van der Waals surface area contributed by atoms with Gasteiger partial charge in [-0.1, -0.05) is 63.6 Å². The van der Waals surface area contributed by atoms with Crippen molar-refractivity contribution in [1.29, 1.82) is 0 Å². The van der Waals surface area contributed by atoms with Crippen LogP contribution in [0.15, 0.2) is 30.3 Å². The fourth-order valence-electron chi connectivity index (χ4n) is 3.46. The molecule has 0 N–H and O–H groups in total. The highest BCUT2D eigenvalue weighted by Crippen LogP contribution is 2.32. The molecule has 0 heterocycles. The van der Waals surface area contributed by atoms with Crippen LogP contribution in [0.25, 0.3) is 0 Å². The van der Waals surface area contributed by atoms with Gasteiger partial charge in [0.1, 0.15) is 5.75 Å². The van der Waals surface area contributed by atoms with Crippen molar-refractivity contribution in [3.8, 4) is 5.75 Å². The van der Waals surface area contributed by atoms with Crippen LogP contribution in [0.1, 0.15) is 64.7 Å². The molecule has 0 radical (unpaired) electrons. The molecule has 1 unspecified atom stereocenters. The Bertz CT molecular complexity index is 423. The molecule has 1 aromatic carbocycles. The second-order valence-electron chi connectivity index (χ2n) is 6.77. The van der Waals surface area contributed by atoms with E-state index in [1.807, 2.05) is 30.3 Å². The highest BCUT2D eigenvalue weighted by molar-refractivity contribution is 5.20. The maximum atomic E-state index is 5.82. The Morgan fingerprint density at radius 2 is 1.35 bits per heavy atom. The van der Waals surface area contributed by atoms with E-state index in [1.165, 1.54) is 38.5 Å². The first-order valence-corrected chi connectivity index (χ1v) is 10.1. The van der Waals surface area contributed by atoms with Crippen molar-refractivity contribution in [3.05, 3.63) is 30.3 Å². The number of ether oxygens (including phenoxy) is 4. The van der Waals surface area contributed by atoms with Crippen LogP contribution in [0.5, 0.6) is 5.75 Å². The lowest BCUT2D eigenvalue weighted by Crippen LogP contribution is -2.44. The summed E-state index contributed by atoms with van der Waals surface area (Å²) < 4.78 is 22.7. The van der Waals surface area contributed by atoms with Crippen molar-refractivity contribution in [2.45, 2.75) is 70.7 Å². The number of rotatable bonds is 16. The summed E-state index contributed by atoms with van der Waals surface area (Å²) in [4.78, 5) is 0. The molecule has 0 bridgehead atoms. The lowest BCUT2D eigenvalue weighted by molar-refractivity contribution is -0.380. The van der Waals surface area contributed by atoms with Crippen molar-refractivity contribution in [3.63, 3.8) is 0 Å². The first kappa shape index (κ1) is 22.9. The van der Waals surface area contributed by atoms with E-state index in [0.717, 1.165) is 25.0 Å². The smallest absolute Gasteiger partial charge is 0.285 e. The maximum absolute atomic E-state index is 5.82. The van der Waals surface area contributed by atoms with E-state index >= 15 is 0 Å². The normalized spacial score (nSPS) is 12.9. The molecule has 1 rings (SSSR count). The first-order chi connectivity index (χ1) is 12.7. The van der Waals surface area contributed by atoms with Crippen LogP contribution in [0, 0.1) is 5.92 Å². The van der Waals surface area contributed by atoms with E-state index in [2.05, 4.69) is 6.92 Å². The van der Waals surface area contributed by atoms with Crippen molar-refractivity contribution in [1.82, 2.24) is 0 Å². The van der Waals surface area contributed by atoms with Crippen LogP contribution < -0.4 is 4.74 Å². The number of hydrogen-bond donors (Lipinski definition) is 0. The number of para-hydroxylation sites is 1. The van der Waals surface area contributed by atoms with E-state index in [4.69, 9.17) is 18.9 Å². The predicted molar refractivity (Wildman–Crippen MR) is 106 cm³/mol. The third-order valence-corrected chi connectivity index (χ3v) is 4.97. The number of hydrogen-bond acceptors (Lipinski definition) is 4. The summed E-state index contributed by atoms with van der Waals surface area (Å²) in [6.45, 7) is 2.93. The molecule has 4 nitrogen and oxygen atoms in total. The van der Waals surface area contributed by atoms with Gasteiger partial charge in [-0.3, -0.25) is 0 Å². The van der Waals surface area contributed by atoms with Crippen LogP contribution in [0.2, 0.25) is 0 Å². The summed E-state index contributed by atoms with van der Waals surface area (Å²) in [5.41, 5.74) is 0. The Morgan fingerprint density at radius 3 is 1.96 bits per heavy atom. The van der Waals surface area contributed by atoms with Crippen molar-refractivity contribution >= 4 is 0 Å². The minimum absolute atomic E-state index is 0.188. The monoisotopic (exact) mass is 366 g/mol. The lowest BCUT2D eigenvalue weighted by atomic mass is 9.93. The van der Waals surface area contributed by atoms with Gasteiger partial charge < -0.3 is 18.9 Å². The predicted octanol–water partition coefficient (Wildman–Crippen LogP) is 5.81. The average Bonchev–Trinajstić information content (AvgIpc) is 2.69. The molecule has 0 aliphatic rings. The Morgan fingerprint density at radius 1 is 0.769 bits per heavy atom. The molecule has 0 amide bonds. The van der Waals surface area contributed by atoms with Gasteiger partial charge in [0.25, 0.3) is 5.97 Å². The highest BCUT2D eigenvalue weighted by Gasteiger charge is 2.39. The molecule has 150 valence electrons. The Balaban J connectivity index is 2.46. The van der Waals surface area contributed by atoms with Gasteiger partial charge in [-0.15, -0.1) is 0 Å². The third kappa shape index (κ3) is 8.07. The molecule has 0 fully saturated rings. The Labute approximate surface area is 160 Å². The molecule has 1 aromatic rings.